The Morgan fingerprint density at radius 1 is 1.41 bits per heavy atom. The number of piperidine rings is 1. The number of amides is 2. The lowest BCUT2D eigenvalue weighted by Gasteiger charge is -2.32. The van der Waals surface area contributed by atoms with Gasteiger partial charge in [-0.3, -0.25) is 4.99 Å². The number of aliphatic imine (C=N–C) groups is 1. The minimum Gasteiger partial charge on any atom is -0.361 e. The molecule has 0 spiro atoms. The molecule has 0 unspecified atom stereocenters. The largest absolute Gasteiger partial charge is 0.361 e. The third-order valence-electron chi connectivity index (χ3n) is 4.87. The van der Waals surface area contributed by atoms with E-state index in [1.165, 1.54) is 6.07 Å². The molecule has 27 heavy (non-hydrogen) atoms. The first kappa shape index (κ1) is 19.0. The van der Waals surface area contributed by atoms with Gasteiger partial charge in [-0.1, -0.05) is 0 Å². The molecule has 2 heterocycles. The minimum absolute atomic E-state index is 0.232. The van der Waals surface area contributed by atoms with Crippen molar-refractivity contribution in [1.82, 2.24) is 20.5 Å². The number of likely N-dealkylation sites (tertiary alicyclic amines) is 1. The number of carbonyl (C=O) groups is 1. The fraction of sp³-hybridized carbons (Fsp3) is 0.474. The lowest BCUT2D eigenvalue weighted by atomic mass is 10.1. The highest BCUT2D eigenvalue weighted by atomic mass is 19.1. The van der Waals surface area contributed by atoms with Crippen molar-refractivity contribution in [2.45, 2.75) is 32.2 Å². The van der Waals surface area contributed by atoms with Crippen LogP contribution in [0.2, 0.25) is 0 Å². The number of hydrogen-bond acceptors (Lipinski definition) is 2. The van der Waals surface area contributed by atoms with Crippen LogP contribution in [0.5, 0.6) is 0 Å². The number of halogens is 1. The molecule has 0 atom stereocenters. The average Bonchev–Trinajstić information content (AvgIpc) is 3.04. The van der Waals surface area contributed by atoms with Gasteiger partial charge < -0.3 is 26.3 Å². The van der Waals surface area contributed by atoms with Gasteiger partial charge in [0.15, 0.2) is 5.96 Å². The molecule has 0 aliphatic carbocycles. The Labute approximate surface area is 158 Å². The normalized spacial score (nSPS) is 15.9. The van der Waals surface area contributed by atoms with Gasteiger partial charge in [-0.25, -0.2) is 9.18 Å². The van der Waals surface area contributed by atoms with Crippen molar-refractivity contribution >= 4 is 22.9 Å². The summed E-state index contributed by atoms with van der Waals surface area (Å²) in [4.78, 5) is 20.7. The van der Waals surface area contributed by atoms with Crippen LogP contribution in [0, 0.1) is 5.82 Å². The van der Waals surface area contributed by atoms with Crippen molar-refractivity contribution in [3.05, 3.63) is 35.8 Å². The molecule has 8 heteroatoms. The molecule has 2 aromatic rings. The predicted octanol–water partition coefficient (Wildman–Crippen LogP) is 1.95. The number of nitrogens with one attached hydrogen (secondary N) is 3. The van der Waals surface area contributed by atoms with E-state index < -0.39 is 0 Å². The molecule has 146 valence electrons. The zero-order valence-electron chi connectivity index (χ0n) is 15.6. The molecule has 1 aromatic heterocycles. The first-order valence-corrected chi connectivity index (χ1v) is 9.41. The van der Waals surface area contributed by atoms with Crippen LogP contribution in [-0.4, -0.2) is 54.1 Å². The van der Waals surface area contributed by atoms with Gasteiger partial charge in [-0.15, -0.1) is 0 Å². The zero-order valence-corrected chi connectivity index (χ0v) is 15.6. The highest BCUT2D eigenvalue weighted by molar-refractivity contribution is 5.83. The maximum atomic E-state index is 13.5. The van der Waals surface area contributed by atoms with E-state index in [1.54, 1.807) is 17.0 Å². The summed E-state index contributed by atoms with van der Waals surface area (Å²) in [5.41, 5.74) is 7.31. The fourth-order valence-corrected chi connectivity index (χ4v) is 3.40. The van der Waals surface area contributed by atoms with Crippen molar-refractivity contribution in [3.63, 3.8) is 0 Å². The molecule has 0 radical (unpaired) electrons. The maximum Gasteiger partial charge on any atom is 0.314 e. The Hall–Kier alpha value is -2.77. The smallest absolute Gasteiger partial charge is 0.314 e. The van der Waals surface area contributed by atoms with E-state index in [4.69, 9.17) is 5.73 Å². The van der Waals surface area contributed by atoms with Crippen molar-refractivity contribution in [2.24, 2.45) is 10.7 Å². The predicted molar refractivity (Wildman–Crippen MR) is 105 cm³/mol. The quantitative estimate of drug-likeness (QED) is 0.475. The van der Waals surface area contributed by atoms with Crippen molar-refractivity contribution < 1.29 is 9.18 Å². The monoisotopic (exact) mass is 374 g/mol. The van der Waals surface area contributed by atoms with E-state index in [1.807, 2.05) is 13.1 Å². The van der Waals surface area contributed by atoms with E-state index in [2.05, 4.69) is 20.6 Å². The molecule has 2 amide bonds. The second-order valence-corrected chi connectivity index (χ2v) is 6.76. The number of nitrogens with two attached hydrogens (primary N) is 1. The van der Waals surface area contributed by atoms with Gasteiger partial charge in [-0.05, 0) is 49.9 Å². The lowest BCUT2D eigenvalue weighted by Crippen LogP contribution is -2.50. The van der Waals surface area contributed by atoms with Crippen molar-refractivity contribution in [2.75, 3.05) is 26.2 Å². The summed E-state index contributed by atoms with van der Waals surface area (Å²) in [6.45, 7) is 4.71. The van der Waals surface area contributed by atoms with Gasteiger partial charge in [-0.2, -0.15) is 0 Å². The Morgan fingerprint density at radius 2 is 2.19 bits per heavy atom. The van der Waals surface area contributed by atoms with E-state index in [0.29, 0.717) is 19.6 Å². The molecule has 1 aliphatic rings. The fourth-order valence-electron chi connectivity index (χ4n) is 3.40. The number of aromatic nitrogens is 1. The summed E-state index contributed by atoms with van der Waals surface area (Å²) in [5, 5.41) is 7.60. The van der Waals surface area contributed by atoms with Crippen LogP contribution >= 0.6 is 0 Å². The zero-order chi connectivity index (χ0) is 19.2. The van der Waals surface area contributed by atoms with Gasteiger partial charge in [0.2, 0.25) is 0 Å². The SMILES string of the molecule is CCNC(=NCCc1c[nH]c2ccc(F)cc12)NC1CCN(C(N)=O)CC1. The van der Waals surface area contributed by atoms with Crippen LogP contribution < -0.4 is 16.4 Å². The van der Waals surface area contributed by atoms with Crippen molar-refractivity contribution in [1.29, 1.82) is 0 Å². The summed E-state index contributed by atoms with van der Waals surface area (Å²) in [6, 6.07) is 4.67. The molecule has 0 bridgehead atoms. The van der Waals surface area contributed by atoms with E-state index in [9.17, 15) is 9.18 Å². The third kappa shape index (κ3) is 4.90. The minimum atomic E-state index is -0.357. The number of guanidine groups is 1. The van der Waals surface area contributed by atoms with Crippen LogP contribution in [0.1, 0.15) is 25.3 Å². The molecule has 0 saturated carbocycles. The number of rotatable bonds is 5. The first-order valence-electron chi connectivity index (χ1n) is 9.41. The summed E-state index contributed by atoms with van der Waals surface area (Å²) >= 11 is 0. The van der Waals surface area contributed by atoms with E-state index >= 15 is 0 Å². The Morgan fingerprint density at radius 3 is 2.89 bits per heavy atom. The number of nitrogens with zero attached hydrogens (tertiary/aromatic N) is 2. The Bertz CT molecular complexity index is 810. The average molecular weight is 374 g/mol. The third-order valence-corrected chi connectivity index (χ3v) is 4.87. The van der Waals surface area contributed by atoms with Crippen LogP contribution in [-0.2, 0) is 6.42 Å². The molecule has 1 saturated heterocycles. The molecule has 5 N–H and O–H groups in total. The second-order valence-electron chi connectivity index (χ2n) is 6.76. The van der Waals surface area contributed by atoms with Crippen LogP contribution in [0.4, 0.5) is 9.18 Å². The van der Waals surface area contributed by atoms with E-state index in [-0.39, 0.29) is 17.9 Å². The number of urea groups is 1. The molecule has 1 aliphatic heterocycles. The van der Waals surface area contributed by atoms with Gasteiger partial charge >= 0.3 is 6.03 Å². The van der Waals surface area contributed by atoms with E-state index in [0.717, 1.165) is 48.2 Å². The second kappa shape index (κ2) is 8.75. The molecule has 3 rings (SSSR count). The Kier molecular flexibility index (Phi) is 6.16. The lowest BCUT2D eigenvalue weighted by molar-refractivity contribution is 0.188. The van der Waals surface area contributed by atoms with Crippen molar-refractivity contribution in [3.8, 4) is 0 Å². The molecular weight excluding hydrogens is 347 g/mol. The van der Waals surface area contributed by atoms with Crippen LogP contribution in [0.3, 0.4) is 0 Å². The number of carbonyl (C=O) groups excluding carboxylic acids is 1. The number of H-pyrrole nitrogens is 1. The highest BCUT2D eigenvalue weighted by Crippen LogP contribution is 2.19. The first-order chi connectivity index (χ1) is 13.1. The van der Waals surface area contributed by atoms with Gasteiger partial charge in [0, 0.05) is 49.3 Å². The Balaban J connectivity index is 1.57. The topological polar surface area (TPSA) is 98.5 Å². The molecule has 1 fully saturated rings. The highest BCUT2D eigenvalue weighted by Gasteiger charge is 2.21. The number of primary amides is 1. The van der Waals surface area contributed by atoms with Crippen LogP contribution in [0.15, 0.2) is 29.4 Å². The van der Waals surface area contributed by atoms with Gasteiger partial charge in [0.05, 0.1) is 0 Å². The summed E-state index contributed by atoms with van der Waals surface area (Å²) in [7, 11) is 0. The van der Waals surface area contributed by atoms with Crippen LogP contribution in [0.25, 0.3) is 10.9 Å². The van der Waals surface area contributed by atoms with Gasteiger partial charge in [0.25, 0.3) is 0 Å². The molecule has 7 nitrogen and oxygen atoms in total. The summed E-state index contributed by atoms with van der Waals surface area (Å²) < 4.78 is 13.5. The molecule has 1 aromatic carbocycles. The summed E-state index contributed by atoms with van der Waals surface area (Å²) in [6.07, 6.45) is 4.32. The number of benzene rings is 1. The molecular formula is C19H27FN6O. The standard InChI is InChI=1S/C19H27FN6O/c1-2-22-19(25-15-6-9-26(10-7-15)18(21)27)23-8-5-13-12-24-17-4-3-14(20)11-16(13)17/h3-4,11-12,15,24H,2,5-10H2,1H3,(H2,21,27)(H2,22,23,25). The number of hydrogen-bond donors (Lipinski definition) is 4. The number of aromatic amines is 1. The van der Waals surface area contributed by atoms with Gasteiger partial charge in [0.1, 0.15) is 5.82 Å². The number of fused-ring (bicyclic) bond motifs is 1. The maximum absolute atomic E-state index is 13.5. The summed E-state index contributed by atoms with van der Waals surface area (Å²) in [5.74, 6) is 0.533.